The molecule has 53 heavy (non-hydrogen) atoms. The molecule has 0 saturated heterocycles. The molecule has 0 fully saturated rings. The van der Waals surface area contributed by atoms with Gasteiger partial charge >= 0.3 is 0 Å². The smallest absolute Gasteiger partial charge is 0.0548 e. The summed E-state index contributed by atoms with van der Waals surface area (Å²) in [5.41, 5.74) is 14.3. The number of aromatic nitrogens is 3. The van der Waals surface area contributed by atoms with Gasteiger partial charge in [0.15, 0.2) is 0 Å². The first-order valence-corrected chi connectivity index (χ1v) is 18.2. The van der Waals surface area contributed by atoms with Crippen LogP contribution in [0.4, 0.5) is 0 Å². The van der Waals surface area contributed by atoms with E-state index in [1.54, 1.807) is 0 Å². The lowest BCUT2D eigenvalue weighted by atomic mass is 10.0. The van der Waals surface area contributed by atoms with Gasteiger partial charge in [-0.15, -0.1) is 0 Å². The van der Waals surface area contributed by atoms with Crippen LogP contribution in [-0.4, -0.2) is 13.7 Å². The van der Waals surface area contributed by atoms with Crippen molar-refractivity contribution in [3.63, 3.8) is 0 Å². The van der Waals surface area contributed by atoms with E-state index >= 15 is 0 Å². The van der Waals surface area contributed by atoms with Crippen molar-refractivity contribution in [1.29, 1.82) is 0 Å². The van der Waals surface area contributed by atoms with Crippen LogP contribution in [0, 0.1) is 0 Å². The molecule has 0 radical (unpaired) electrons. The number of fused-ring (bicyclic) bond motifs is 8. The summed E-state index contributed by atoms with van der Waals surface area (Å²) in [6.45, 7) is 0. The topological polar surface area (TPSA) is 14.8 Å². The van der Waals surface area contributed by atoms with Gasteiger partial charge in [-0.3, -0.25) is 0 Å². The second-order valence-corrected chi connectivity index (χ2v) is 13.8. The minimum absolute atomic E-state index is 1.13. The van der Waals surface area contributed by atoms with E-state index in [0.717, 1.165) is 17.1 Å². The highest BCUT2D eigenvalue weighted by molar-refractivity contribution is 6.21. The largest absolute Gasteiger partial charge is 0.317 e. The van der Waals surface area contributed by atoms with Crippen LogP contribution in [0.5, 0.6) is 0 Å². The number of para-hydroxylation sites is 2. The Bertz CT molecular complexity index is 3050. The van der Waals surface area contributed by atoms with Crippen molar-refractivity contribution < 1.29 is 0 Å². The van der Waals surface area contributed by atoms with Gasteiger partial charge in [-0.1, -0.05) is 115 Å². The zero-order valence-electron chi connectivity index (χ0n) is 28.9. The summed E-state index contributed by atoms with van der Waals surface area (Å²) in [6.07, 6.45) is 2.20. The molecule has 11 rings (SSSR count). The second kappa shape index (κ2) is 11.7. The molecule has 3 heterocycles. The predicted octanol–water partition coefficient (Wildman–Crippen LogP) is 13.2. The summed E-state index contributed by atoms with van der Waals surface area (Å²) in [6, 6.07) is 70.4. The van der Waals surface area contributed by atoms with Crippen molar-refractivity contribution in [2.75, 3.05) is 0 Å². The highest BCUT2D eigenvalue weighted by Crippen LogP contribution is 2.40. The van der Waals surface area contributed by atoms with Crippen LogP contribution in [0.3, 0.4) is 0 Å². The number of rotatable bonds is 5. The number of hydrogen-bond acceptors (Lipinski definition) is 0. The zero-order chi connectivity index (χ0) is 34.9. The Kier molecular flexibility index (Phi) is 6.55. The SMILES string of the molecule is c1ccc(-c2ccc3c(c2)c2cc(-c4ccccc4)ccc2n3-c2cccc(-n3c4ccccc4c4c5ccn(-c6ccccc6)c5ccc43)c2)cc1. The molecule has 0 spiro atoms. The first-order chi connectivity index (χ1) is 26.3. The monoisotopic (exact) mass is 675 g/mol. The fraction of sp³-hybridized carbons (Fsp3) is 0. The van der Waals surface area contributed by atoms with Crippen molar-refractivity contribution in [1.82, 2.24) is 13.7 Å². The highest BCUT2D eigenvalue weighted by Gasteiger charge is 2.19. The first kappa shape index (κ1) is 29.6. The highest BCUT2D eigenvalue weighted by atomic mass is 15.0. The normalized spacial score (nSPS) is 11.8. The minimum Gasteiger partial charge on any atom is -0.317 e. The average Bonchev–Trinajstić information content (AvgIpc) is 3.91. The zero-order valence-corrected chi connectivity index (χ0v) is 28.9. The molecule has 0 bridgehead atoms. The Labute approximate surface area is 306 Å². The lowest BCUT2D eigenvalue weighted by Gasteiger charge is -2.13. The van der Waals surface area contributed by atoms with Gasteiger partial charge in [-0.2, -0.15) is 0 Å². The van der Waals surface area contributed by atoms with Crippen LogP contribution < -0.4 is 0 Å². The van der Waals surface area contributed by atoms with Crippen LogP contribution in [0.15, 0.2) is 200 Å². The summed E-state index contributed by atoms with van der Waals surface area (Å²) >= 11 is 0. The van der Waals surface area contributed by atoms with Gasteiger partial charge in [-0.05, 0) is 101 Å². The molecule has 248 valence electrons. The van der Waals surface area contributed by atoms with Crippen LogP contribution in [0.25, 0.3) is 93.8 Å². The third-order valence-electron chi connectivity index (χ3n) is 10.9. The molecule has 11 aromatic rings. The van der Waals surface area contributed by atoms with Crippen LogP contribution >= 0.6 is 0 Å². The Hall–Kier alpha value is -7.10. The number of hydrogen-bond donors (Lipinski definition) is 0. The van der Waals surface area contributed by atoms with E-state index in [1.165, 1.54) is 76.8 Å². The Balaban J connectivity index is 1.14. The Morgan fingerprint density at radius 2 is 0.736 bits per heavy atom. The van der Waals surface area contributed by atoms with Crippen molar-refractivity contribution in [2.45, 2.75) is 0 Å². The molecule has 8 aromatic carbocycles. The quantitative estimate of drug-likeness (QED) is 0.172. The molecule has 0 N–H and O–H groups in total. The summed E-state index contributed by atoms with van der Waals surface area (Å²) in [4.78, 5) is 0. The van der Waals surface area contributed by atoms with Crippen molar-refractivity contribution in [3.8, 4) is 39.3 Å². The average molecular weight is 676 g/mol. The second-order valence-electron chi connectivity index (χ2n) is 13.8. The van der Waals surface area contributed by atoms with Gasteiger partial charge in [-0.25, -0.2) is 0 Å². The van der Waals surface area contributed by atoms with Gasteiger partial charge in [0.2, 0.25) is 0 Å². The third-order valence-corrected chi connectivity index (χ3v) is 10.9. The van der Waals surface area contributed by atoms with Crippen LogP contribution in [0.2, 0.25) is 0 Å². The molecule has 0 aliphatic heterocycles. The lowest BCUT2D eigenvalue weighted by molar-refractivity contribution is 1.12. The van der Waals surface area contributed by atoms with Crippen LogP contribution in [-0.2, 0) is 0 Å². The lowest BCUT2D eigenvalue weighted by Crippen LogP contribution is -1.98. The molecule has 3 nitrogen and oxygen atoms in total. The van der Waals surface area contributed by atoms with Gasteiger partial charge in [0.1, 0.15) is 0 Å². The van der Waals surface area contributed by atoms with Gasteiger partial charge in [0, 0.05) is 50.2 Å². The van der Waals surface area contributed by atoms with E-state index in [1.807, 2.05) is 0 Å². The molecular formula is C50H33N3. The van der Waals surface area contributed by atoms with Crippen molar-refractivity contribution >= 4 is 54.5 Å². The Morgan fingerprint density at radius 3 is 1.38 bits per heavy atom. The minimum atomic E-state index is 1.13. The number of benzene rings is 8. The van der Waals surface area contributed by atoms with E-state index in [-0.39, 0.29) is 0 Å². The van der Waals surface area contributed by atoms with E-state index in [2.05, 4.69) is 214 Å². The molecular weight excluding hydrogens is 643 g/mol. The maximum atomic E-state index is 2.43. The predicted molar refractivity (Wildman–Crippen MR) is 223 cm³/mol. The summed E-state index contributed by atoms with van der Waals surface area (Å²) in [5, 5.41) is 6.27. The fourth-order valence-corrected chi connectivity index (χ4v) is 8.47. The van der Waals surface area contributed by atoms with E-state index in [9.17, 15) is 0 Å². The van der Waals surface area contributed by atoms with Gasteiger partial charge < -0.3 is 13.7 Å². The van der Waals surface area contributed by atoms with Gasteiger partial charge in [0.05, 0.1) is 27.6 Å². The molecule has 0 aliphatic carbocycles. The molecule has 0 aliphatic rings. The first-order valence-electron chi connectivity index (χ1n) is 18.2. The molecule has 3 heteroatoms. The molecule has 0 unspecified atom stereocenters. The fourth-order valence-electron chi connectivity index (χ4n) is 8.47. The van der Waals surface area contributed by atoms with E-state index in [4.69, 9.17) is 0 Å². The van der Waals surface area contributed by atoms with Crippen LogP contribution in [0.1, 0.15) is 0 Å². The molecule has 0 atom stereocenters. The summed E-state index contributed by atoms with van der Waals surface area (Å²) in [7, 11) is 0. The number of nitrogens with zero attached hydrogens (tertiary/aromatic N) is 3. The maximum Gasteiger partial charge on any atom is 0.0548 e. The summed E-state index contributed by atoms with van der Waals surface area (Å²) < 4.78 is 7.16. The molecule has 0 amide bonds. The van der Waals surface area contributed by atoms with Crippen molar-refractivity contribution in [3.05, 3.63) is 200 Å². The molecule has 0 saturated carbocycles. The van der Waals surface area contributed by atoms with E-state index < -0.39 is 0 Å². The Morgan fingerprint density at radius 1 is 0.264 bits per heavy atom. The maximum absolute atomic E-state index is 2.43. The summed E-state index contributed by atoms with van der Waals surface area (Å²) in [5.74, 6) is 0. The third kappa shape index (κ3) is 4.61. The standard InChI is InChI=1S/C50H33N3/c1-4-13-34(14-5-1)36-23-25-47-43(31-36)44-32-37(35-15-6-2-7-16-35)24-26-48(44)52(47)39-19-12-20-40(33-39)53-46-22-11-10-21-41(46)50-42-29-30-51(38-17-8-3-9-18-38)45(42)27-28-49(50)53/h1-33H. The molecule has 3 aromatic heterocycles. The van der Waals surface area contributed by atoms with E-state index in [0.29, 0.717) is 0 Å². The van der Waals surface area contributed by atoms with Gasteiger partial charge in [0.25, 0.3) is 0 Å². The van der Waals surface area contributed by atoms with Crippen molar-refractivity contribution in [2.24, 2.45) is 0 Å².